The fraction of sp³-hybridized carbons (Fsp3) is 0.435. The normalized spacial score (nSPS) is 17.8. The largest absolute Gasteiger partial charge is 0.497 e. The zero-order valence-corrected chi connectivity index (χ0v) is 16.8. The molecular weight excluding hydrogens is 370 g/mol. The SMILES string of the molecule is COc1ccc(OCCCC(=O)N2CCC[C@H]2c2ccc3c(c2)OCCO3)cc1. The fourth-order valence-corrected chi connectivity index (χ4v) is 3.91. The van der Waals surface area contributed by atoms with E-state index in [1.165, 1.54) is 0 Å². The van der Waals surface area contributed by atoms with Crippen LogP contribution in [0.1, 0.15) is 37.3 Å². The van der Waals surface area contributed by atoms with Crippen LogP contribution in [0.2, 0.25) is 0 Å². The van der Waals surface area contributed by atoms with Crippen LogP contribution in [0, 0.1) is 0 Å². The van der Waals surface area contributed by atoms with Gasteiger partial charge in [0.2, 0.25) is 5.91 Å². The minimum atomic E-state index is 0.112. The molecule has 154 valence electrons. The molecule has 0 saturated carbocycles. The van der Waals surface area contributed by atoms with Crippen molar-refractivity contribution >= 4 is 5.91 Å². The van der Waals surface area contributed by atoms with E-state index >= 15 is 0 Å². The zero-order chi connectivity index (χ0) is 20.1. The van der Waals surface area contributed by atoms with Gasteiger partial charge < -0.3 is 23.8 Å². The number of fused-ring (bicyclic) bond motifs is 1. The first-order valence-electron chi connectivity index (χ1n) is 10.2. The highest BCUT2D eigenvalue weighted by Crippen LogP contribution is 2.38. The van der Waals surface area contributed by atoms with Crippen LogP contribution in [-0.4, -0.2) is 44.3 Å². The number of carbonyl (C=O) groups excluding carboxylic acids is 1. The molecule has 4 rings (SSSR count). The van der Waals surface area contributed by atoms with Gasteiger partial charge in [-0.1, -0.05) is 6.07 Å². The lowest BCUT2D eigenvalue weighted by molar-refractivity contribution is -0.132. The summed E-state index contributed by atoms with van der Waals surface area (Å²) in [5, 5.41) is 0. The highest BCUT2D eigenvalue weighted by molar-refractivity contribution is 5.77. The van der Waals surface area contributed by atoms with Crippen LogP contribution in [0.25, 0.3) is 0 Å². The van der Waals surface area contributed by atoms with Crippen molar-refractivity contribution in [3.8, 4) is 23.0 Å². The first-order valence-corrected chi connectivity index (χ1v) is 10.2. The monoisotopic (exact) mass is 397 g/mol. The molecule has 2 aliphatic heterocycles. The standard InChI is InChI=1S/C23H27NO5/c1-26-18-7-9-19(10-8-18)27-13-3-5-23(25)24-12-2-4-20(24)17-6-11-21-22(16-17)29-15-14-28-21/h6-11,16,20H,2-5,12-15H2,1H3/t20-/m0/s1. The third-order valence-electron chi connectivity index (χ3n) is 5.39. The second-order valence-electron chi connectivity index (χ2n) is 7.28. The summed E-state index contributed by atoms with van der Waals surface area (Å²) < 4.78 is 22.2. The van der Waals surface area contributed by atoms with Crippen LogP contribution in [0.5, 0.6) is 23.0 Å². The molecule has 0 spiro atoms. The van der Waals surface area contributed by atoms with Crippen LogP contribution >= 0.6 is 0 Å². The van der Waals surface area contributed by atoms with Gasteiger partial charge in [0.15, 0.2) is 11.5 Å². The number of hydrogen-bond donors (Lipinski definition) is 0. The molecule has 29 heavy (non-hydrogen) atoms. The Balaban J connectivity index is 1.29. The number of methoxy groups -OCH3 is 1. The Hall–Kier alpha value is -2.89. The van der Waals surface area contributed by atoms with Gasteiger partial charge in [0.1, 0.15) is 24.7 Å². The smallest absolute Gasteiger partial charge is 0.223 e. The van der Waals surface area contributed by atoms with E-state index < -0.39 is 0 Å². The van der Waals surface area contributed by atoms with Crippen molar-refractivity contribution in [3.05, 3.63) is 48.0 Å². The Bertz CT molecular complexity index is 836. The Morgan fingerprint density at radius 1 is 1.07 bits per heavy atom. The summed E-state index contributed by atoms with van der Waals surface area (Å²) in [6.07, 6.45) is 3.17. The second-order valence-corrected chi connectivity index (χ2v) is 7.28. The predicted octanol–water partition coefficient (Wildman–Crippen LogP) is 3.99. The summed E-state index contributed by atoms with van der Waals surface area (Å²) in [5.41, 5.74) is 1.12. The molecule has 0 aliphatic carbocycles. The molecule has 0 N–H and O–H groups in total. The lowest BCUT2D eigenvalue weighted by Gasteiger charge is -2.27. The molecule has 2 aromatic rings. The number of hydrogen-bond acceptors (Lipinski definition) is 5. The Labute approximate surface area is 171 Å². The van der Waals surface area contributed by atoms with Crippen molar-refractivity contribution in [1.82, 2.24) is 4.90 Å². The molecule has 6 nitrogen and oxygen atoms in total. The zero-order valence-electron chi connectivity index (χ0n) is 16.8. The predicted molar refractivity (Wildman–Crippen MR) is 109 cm³/mol. The van der Waals surface area contributed by atoms with E-state index in [4.69, 9.17) is 18.9 Å². The Morgan fingerprint density at radius 2 is 1.83 bits per heavy atom. The van der Waals surface area contributed by atoms with E-state index in [0.29, 0.717) is 32.7 Å². The van der Waals surface area contributed by atoms with E-state index in [1.54, 1.807) is 7.11 Å². The summed E-state index contributed by atoms with van der Waals surface area (Å²) in [5.74, 6) is 3.33. The van der Waals surface area contributed by atoms with Crippen LogP contribution < -0.4 is 18.9 Å². The lowest BCUT2D eigenvalue weighted by Crippen LogP contribution is -2.30. The van der Waals surface area contributed by atoms with Crippen molar-refractivity contribution in [2.24, 2.45) is 0 Å². The summed E-state index contributed by atoms with van der Waals surface area (Å²) in [7, 11) is 1.64. The molecule has 6 heteroatoms. The molecular formula is C23H27NO5. The van der Waals surface area contributed by atoms with Crippen LogP contribution in [-0.2, 0) is 4.79 Å². The van der Waals surface area contributed by atoms with Gasteiger partial charge in [0.25, 0.3) is 0 Å². The number of carbonyl (C=O) groups is 1. The van der Waals surface area contributed by atoms with Crippen LogP contribution in [0.15, 0.2) is 42.5 Å². The molecule has 0 unspecified atom stereocenters. The van der Waals surface area contributed by atoms with E-state index in [0.717, 1.165) is 47.9 Å². The summed E-state index contributed by atoms with van der Waals surface area (Å²) in [6, 6.07) is 13.6. The maximum Gasteiger partial charge on any atom is 0.223 e. The minimum absolute atomic E-state index is 0.112. The van der Waals surface area contributed by atoms with E-state index in [1.807, 2.05) is 41.3 Å². The van der Waals surface area contributed by atoms with E-state index in [9.17, 15) is 4.79 Å². The van der Waals surface area contributed by atoms with Crippen LogP contribution in [0.3, 0.4) is 0 Å². The summed E-state index contributed by atoms with van der Waals surface area (Å²) in [6.45, 7) is 2.47. The van der Waals surface area contributed by atoms with Crippen molar-refractivity contribution in [1.29, 1.82) is 0 Å². The quantitative estimate of drug-likeness (QED) is 0.661. The number of ether oxygens (including phenoxy) is 4. The molecule has 2 aromatic carbocycles. The highest BCUT2D eigenvalue weighted by atomic mass is 16.6. The van der Waals surface area contributed by atoms with Crippen molar-refractivity contribution in [3.63, 3.8) is 0 Å². The Morgan fingerprint density at radius 3 is 2.62 bits per heavy atom. The first-order chi connectivity index (χ1) is 14.2. The van der Waals surface area contributed by atoms with Crippen LogP contribution in [0.4, 0.5) is 0 Å². The number of nitrogens with zero attached hydrogens (tertiary/aromatic N) is 1. The van der Waals surface area contributed by atoms with Gasteiger partial charge in [0.05, 0.1) is 19.8 Å². The topological polar surface area (TPSA) is 57.2 Å². The molecule has 0 aromatic heterocycles. The third kappa shape index (κ3) is 4.58. The summed E-state index contributed by atoms with van der Waals surface area (Å²) >= 11 is 0. The van der Waals surface area contributed by atoms with Gasteiger partial charge >= 0.3 is 0 Å². The van der Waals surface area contributed by atoms with Gasteiger partial charge in [-0.25, -0.2) is 0 Å². The maximum absolute atomic E-state index is 12.8. The van der Waals surface area contributed by atoms with Crippen molar-refractivity contribution in [2.45, 2.75) is 31.7 Å². The minimum Gasteiger partial charge on any atom is -0.497 e. The number of likely N-dealkylation sites (tertiary alicyclic amines) is 1. The van der Waals surface area contributed by atoms with Gasteiger partial charge in [-0.15, -0.1) is 0 Å². The Kier molecular flexibility index (Phi) is 6.08. The molecule has 0 bridgehead atoms. The lowest BCUT2D eigenvalue weighted by atomic mass is 10.0. The molecule has 2 heterocycles. The third-order valence-corrected chi connectivity index (χ3v) is 5.39. The number of benzene rings is 2. The molecule has 2 aliphatic rings. The van der Waals surface area contributed by atoms with E-state index in [-0.39, 0.29) is 11.9 Å². The average molecular weight is 397 g/mol. The average Bonchev–Trinajstić information content (AvgIpc) is 3.27. The van der Waals surface area contributed by atoms with Gasteiger partial charge in [-0.3, -0.25) is 4.79 Å². The molecule has 0 radical (unpaired) electrons. The van der Waals surface area contributed by atoms with Crippen molar-refractivity contribution in [2.75, 3.05) is 33.5 Å². The first kappa shape index (κ1) is 19.4. The molecule has 1 fully saturated rings. The van der Waals surface area contributed by atoms with Crippen molar-refractivity contribution < 1.29 is 23.7 Å². The maximum atomic E-state index is 12.8. The fourth-order valence-electron chi connectivity index (χ4n) is 3.91. The molecule has 1 saturated heterocycles. The molecule has 1 atom stereocenters. The van der Waals surface area contributed by atoms with E-state index in [2.05, 4.69) is 6.07 Å². The second kappa shape index (κ2) is 9.07. The number of rotatable bonds is 7. The highest BCUT2D eigenvalue weighted by Gasteiger charge is 2.30. The summed E-state index contributed by atoms with van der Waals surface area (Å²) in [4.78, 5) is 14.8. The van der Waals surface area contributed by atoms with Gasteiger partial charge in [-0.05, 0) is 61.2 Å². The molecule has 1 amide bonds. The van der Waals surface area contributed by atoms with Gasteiger partial charge in [0, 0.05) is 13.0 Å². The van der Waals surface area contributed by atoms with Gasteiger partial charge in [-0.2, -0.15) is 0 Å². The number of amides is 1.